The Bertz CT molecular complexity index is 1480. The molecule has 0 spiro atoms. The Balaban J connectivity index is 1.62. The SMILES string of the molecule is COc1ccc(NC(=O)CN(c2ccc(Oc3ccccc3)cc2)S(=O)(=O)c2ccc(C)cc2)cc1Cl. The van der Waals surface area contributed by atoms with Crippen LogP contribution in [0.25, 0.3) is 0 Å². The van der Waals surface area contributed by atoms with Crippen molar-refractivity contribution in [2.24, 2.45) is 0 Å². The van der Waals surface area contributed by atoms with E-state index in [1.807, 2.05) is 37.3 Å². The lowest BCUT2D eigenvalue weighted by molar-refractivity contribution is -0.114. The molecule has 0 radical (unpaired) electrons. The lowest BCUT2D eigenvalue weighted by atomic mass is 10.2. The van der Waals surface area contributed by atoms with Crippen LogP contribution in [0, 0.1) is 6.92 Å². The van der Waals surface area contributed by atoms with Gasteiger partial charge in [-0.25, -0.2) is 8.42 Å². The summed E-state index contributed by atoms with van der Waals surface area (Å²) in [7, 11) is -2.57. The first-order valence-electron chi connectivity index (χ1n) is 11.3. The fourth-order valence-electron chi connectivity index (χ4n) is 3.53. The number of aryl methyl sites for hydroxylation is 1. The van der Waals surface area contributed by atoms with Gasteiger partial charge in [-0.2, -0.15) is 0 Å². The van der Waals surface area contributed by atoms with E-state index in [0.717, 1.165) is 9.87 Å². The topological polar surface area (TPSA) is 84.9 Å². The van der Waals surface area contributed by atoms with Gasteiger partial charge in [0.2, 0.25) is 5.91 Å². The third-order valence-electron chi connectivity index (χ3n) is 5.44. The van der Waals surface area contributed by atoms with E-state index in [1.54, 1.807) is 48.5 Å². The molecule has 0 aliphatic carbocycles. The quantitative estimate of drug-likeness (QED) is 0.272. The molecular weight excluding hydrogens is 512 g/mol. The van der Waals surface area contributed by atoms with Crippen molar-refractivity contribution in [2.45, 2.75) is 11.8 Å². The van der Waals surface area contributed by atoms with Crippen molar-refractivity contribution in [2.75, 3.05) is 23.3 Å². The second-order valence-corrected chi connectivity index (χ2v) is 10.4. The number of carbonyl (C=O) groups is 1. The molecule has 0 atom stereocenters. The second-order valence-electron chi connectivity index (χ2n) is 8.13. The maximum atomic E-state index is 13.6. The van der Waals surface area contributed by atoms with E-state index in [4.69, 9.17) is 21.1 Å². The van der Waals surface area contributed by atoms with Crippen LogP contribution in [-0.2, 0) is 14.8 Å². The summed E-state index contributed by atoms with van der Waals surface area (Å²) < 4.78 is 39.3. The average molecular weight is 537 g/mol. The van der Waals surface area contributed by atoms with Crippen LogP contribution in [-0.4, -0.2) is 28.0 Å². The fourth-order valence-corrected chi connectivity index (χ4v) is 5.21. The van der Waals surface area contributed by atoms with Crippen molar-refractivity contribution in [3.05, 3.63) is 108 Å². The molecule has 1 N–H and O–H groups in total. The van der Waals surface area contributed by atoms with Crippen molar-refractivity contribution in [3.8, 4) is 17.2 Å². The Hall–Kier alpha value is -4.01. The third kappa shape index (κ3) is 6.41. The summed E-state index contributed by atoms with van der Waals surface area (Å²) >= 11 is 6.16. The molecule has 0 saturated heterocycles. The van der Waals surface area contributed by atoms with Gasteiger partial charge >= 0.3 is 0 Å². The molecule has 4 rings (SSSR count). The van der Waals surface area contributed by atoms with E-state index >= 15 is 0 Å². The Morgan fingerprint density at radius 2 is 1.54 bits per heavy atom. The predicted octanol–water partition coefficient (Wildman–Crippen LogP) is 6.28. The maximum Gasteiger partial charge on any atom is 0.264 e. The Morgan fingerprint density at radius 1 is 0.892 bits per heavy atom. The summed E-state index contributed by atoms with van der Waals surface area (Å²) in [5.74, 6) is 1.10. The van der Waals surface area contributed by atoms with E-state index in [9.17, 15) is 13.2 Å². The van der Waals surface area contributed by atoms with Crippen molar-refractivity contribution < 1.29 is 22.7 Å². The first-order chi connectivity index (χ1) is 17.8. The molecule has 9 heteroatoms. The summed E-state index contributed by atoms with van der Waals surface area (Å²) in [4.78, 5) is 13.1. The molecule has 0 unspecified atom stereocenters. The van der Waals surface area contributed by atoms with Gasteiger partial charge < -0.3 is 14.8 Å². The molecule has 4 aromatic rings. The predicted molar refractivity (Wildman–Crippen MR) is 145 cm³/mol. The summed E-state index contributed by atoms with van der Waals surface area (Å²) in [6, 6.07) is 27.0. The second kappa shape index (κ2) is 11.4. The number of hydrogen-bond donors (Lipinski definition) is 1. The van der Waals surface area contributed by atoms with E-state index in [0.29, 0.717) is 33.6 Å². The van der Waals surface area contributed by atoms with Gasteiger partial charge in [-0.15, -0.1) is 0 Å². The summed E-state index contributed by atoms with van der Waals surface area (Å²) in [5.41, 5.74) is 1.64. The number of halogens is 1. The van der Waals surface area contributed by atoms with Crippen molar-refractivity contribution in [1.82, 2.24) is 0 Å². The molecule has 0 heterocycles. The van der Waals surface area contributed by atoms with Gasteiger partial charge in [0.15, 0.2) is 0 Å². The Kier molecular flexibility index (Phi) is 8.01. The normalized spacial score (nSPS) is 11.0. The third-order valence-corrected chi connectivity index (χ3v) is 7.52. The number of carbonyl (C=O) groups excluding carboxylic acids is 1. The van der Waals surface area contributed by atoms with Crippen LogP contribution >= 0.6 is 11.6 Å². The maximum absolute atomic E-state index is 13.6. The number of benzene rings is 4. The van der Waals surface area contributed by atoms with Crippen LogP contribution in [0.4, 0.5) is 11.4 Å². The molecular formula is C28H25ClN2O5S. The Morgan fingerprint density at radius 3 is 2.16 bits per heavy atom. The lowest BCUT2D eigenvalue weighted by Gasteiger charge is -2.24. The van der Waals surface area contributed by atoms with E-state index in [1.165, 1.54) is 25.3 Å². The van der Waals surface area contributed by atoms with E-state index < -0.39 is 22.5 Å². The molecule has 0 aliphatic heterocycles. The molecule has 0 aromatic heterocycles. The molecule has 1 amide bonds. The number of nitrogens with one attached hydrogen (secondary N) is 1. The minimum atomic E-state index is -4.06. The van der Waals surface area contributed by atoms with Gasteiger partial charge in [0.05, 0.1) is 22.7 Å². The number of sulfonamides is 1. The largest absolute Gasteiger partial charge is 0.495 e. The molecule has 0 saturated carbocycles. The number of ether oxygens (including phenoxy) is 2. The lowest BCUT2D eigenvalue weighted by Crippen LogP contribution is -2.38. The first kappa shape index (κ1) is 26.1. The van der Waals surface area contributed by atoms with Gasteiger partial charge in [-0.05, 0) is 73.7 Å². The van der Waals surface area contributed by atoms with Gasteiger partial charge in [0.25, 0.3) is 10.0 Å². The molecule has 7 nitrogen and oxygen atoms in total. The first-order valence-corrected chi connectivity index (χ1v) is 13.1. The summed E-state index contributed by atoms with van der Waals surface area (Å²) in [5, 5.41) is 3.02. The zero-order chi connectivity index (χ0) is 26.4. The van der Waals surface area contributed by atoms with Crippen LogP contribution in [0.15, 0.2) is 102 Å². The van der Waals surface area contributed by atoms with Crippen LogP contribution in [0.1, 0.15) is 5.56 Å². The molecule has 0 aliphatic rings. The summed E-state index contributed by atoms with van der Waals surface area (Å²) in [6.07, 6.45) is 0. The monoisotopic (exact) mass is 536 g/mol. The molecule has 37 heavy (non-hydrogen) atoms. The number of amides is 1. The highest BCUT2D eigenvalue weighted by Gasteiger charge is 2.27. The number of para-hydroxylation sites is 1. The fraction of sp³-hybridized carbons (Fsp3) is 0.107. The minimum absolute atomic E-state index is 0.0722. The minimum Gasteiger partial charge on any atom is -0.495 e. The highest BCUT2D eigenvalue weighted by atomic mass is 35.5. The Labute approximate surface area is 221 Å². The number of nitrogens with zero attached hydrogens (tertiary/aromatic N) is 1. The van der Waals surface area contributed by atoms with E-state index in [-0.39, 0.29) is 4.90 Å². The molecule has 0 bridgehead atoms. The molecule has 4 aromatic carbocycles. The van der Waals surface area contributed by atoms with Crippen LogP contribution in [0.2, 0.25) is 5.02 Å². The highest BCUT2D eigenvalue weighted by molar-refractivity contribution is 7.92. The smallest absolute Gasteiger partial charge is 0.264 e. The van der Waals surface area contributed by atoms with Crippen molar-refractivity contribution in [3.63, 3.8) is 0 Å². The van der Waals surface area contributed by atoms with Gasteiger partial charge in [-0.1, -0.05) is 47.5 Å². The summed E-state index contributed by atoms with van der Waals surface area (Å²) in [6.45, 7) is 1.41. The van der Waals surface area contributed by atoms with Gasteiger partial charge in [0.1, 0.15) is 23.8 Å². The highest BCUT2D eigenvalue weighted by Crippen LogP contribution is 2.29. The van der Waals surface area contributed by atoms with Gasteiger partial charge in [0, 0.05) is 5.69 Å². The van der Waals surface area contributed by atoms with Crippen LogP contribution in [0.3, 0.4) is 0 Å². The number of hydrogen-bond acceptors (Lipinski definition) is 5. The molecule has 0 fully saturated rings. The zero-order valence-corrected chi connectivity index (χ0v) is 21.8. The van der Waals surface area contributed by atoms with E-state index in [2.05, 4.69) is 5.32 Å². The van der Waals surface area contributed by atoms with Crippen molar-refractivity contribution >= 4 is 38.9 Å². The van der Waals surface area contributed by atoms with Crippen LogP contribution < -0.4 is 19.1 Å². The average Bonchev–Trinajstić information content (AvgIpc) is 2.89. The van der Waals surface area contributed by atoms with Gasteiger partial charge in [-0.3, -0.25) is 9.10 Å². The zero-order valence-electron chi connectivity index (χ0n) is 20.2. The number of methoxy groups -OCH3 is 1. The standard InChI is InChI=1S/C28H25ClN2O5S/c1-20-8-15-25(16-9-20)37(33,34)31(19-28(32)30-21-10-17-27(35-2)26(29)18-21)22-11-13-24(14-12-22)36-23-6-4-3-5-7-23/h3-18H,19H2,1-2H3,(H,30,32). The molecule has 190 valence electrons. The number of rotatable bonds is 9. The number of anilines is 2. The van der Waals surface area contributed by atoms with Crippen molar-refractivity contribution in [1.29, 1.82) is 0 Å². The van der Waals surface area contributed by atoms with Crippen LogP contribution in [0.5, 0.6) is 17.2 Å².